The zero-order valence-electron chi connectivity index (χ0n) is 11.4. The van der Waals surface area contributed by atoms with Crippen molar-refractivity contribution < 1.29 is 0 Å². The molecule has 1 aliphatic rings. The SMILES string of the molecule is C=CC1=C(/C=C\C)SCc2ccccc2C1(C)C. The lowest BCUT2D eigenvalue weighted by atomic mass is 9.75. The van der Waals surface area contributed by atoms with Crippen LogP contribution in [0.2, 0.25) is 0 Å². The average Bonchev–Trinajstić information content (AvgIpc) is 2.46. The van der Waals surface area contributed by atoms with Gasteiger partial charge in [-0.25, -0.2) is 0 Å². The number of benzene rings is 1. The molecule has 0 saturated carbocycles. The van der Waals surface area contributed by atoms with E-state index in [2.05, 4.69) is 63.8 Å². The minimum Gasteiger partial charge on any atom is -0.121 e. The Hall–Kier alpha value is -1.21. The van der Waals surface area contributed by atoms with Crippen molar-refractivity contribution in [2.24, 2.45) is 0 Å². The summed E-state index contributed by atoms with van der Waals surface area (Å²) in [4.78, 5) is 1.34. The normalized spacial score (nSPS) is 18.6. The van der Waals surface area contributed by atoms with Gasteiger partial charge in [-0.05, 0) is 23.6 Å². The van der Waals surface area contributed by atoms with Crippen LogP contribution in [0.4, 0.5) is 0 Å². The highest BCUT2D eigenvalue weighted by molar-refractivity contribution is 8.02. The van der Waals surface area contributed by atoms with Crippen molar-refractivity contribution in [2.75, 3.05) is 0 Å². The van der Waals surface area contributed by atoms with Crippen molar-refractivity contribution in [3.8, 4) is 0 Å². The second-order valence-electron chi connectivity index (χ2n) is 5.05. The third kappa shape index (κ3) is 2.20. The van der Waals surface area contributed by atoms with Crippen LogP contribution in [-0.2, 0) is 11.2 Å². The molecule has 18 heavy (non-hydrogen) atoms. The predicted molar refractivity (Wildman–Crippen MR) is 82.8 cm³/mol. The van der Waals surface area contributed by atoms with E-state index < -0.39 is 0 Å². The molecule has 0 aromatic heterocycles. The Bertz CT molecular complexity index is 518. The molecule has 0 nitrogen and oxygen atoms in total. The van der Waals surface area contributed by atoms with Crippen LogP contribution in [0.3, 0.4) is 0 Å². The lowest BCUT2D eigenvalue weighted by molar-refractivity contribution is 0.635. The van der Waals surface area contributed by atoms with Gasteiger partial charge >= 0.3 is 0 Å². The highest BCUT2D eigenvalue weighted by atomic mass is 32.2. The molecule has 94 valence electrons. The van der Waals surface area contributed by atoms with Gasteiger partial charge < -0.3 is 0 Å². The van der Waals surface area contributed by atoms with E-state index in [1.165, 1.54) is 21.6 Å². The third-order valence-corrected chi connectivity index (χ3v) is 4.66. The van der Waals surface area contributed by atoms with E-state index in [1.807, 2.05) is 17.8 Å². The molecule has 0 amide bonds. The molecule has 1 aromatic rings. The Balaban J connectivity index is 2.65. The molecular formula is C17H20S. The molecule has 0 fully saturated rings. The summed E-state index contributed by atoms with van der Waals surface area (Å²) in [5.41, 5.74) is 4.21. The lowest BCUT2D eigenvalue weighted by Gasteiger charge is -2.28. The Kier molecular flexibility index (Phi) is 3.82. The van der Waals surface area contributed by atoms with E-state index in [0.29, 0.717) is 0 Å². The van der Waals surface area contributed by atoms with Gasteiger partial charge in [0.25, 0.3) is 0 Å². The predicted octanol–water partition coefficient (Wildman–Crippen LogP) is 5.23. The molecule has 0 bridgehead atoms. The summed E-state index contributed by atoms with van der Waals surface area (Å²) in [6, 6.07) is 8.75. The third-order valence-electron chi connectivity index (χ3n) is 3.53. The fourth-order valence-electron chi connectivity index (χ4n) is 2.59. The molecule has 0 aliphatic carbocycles. The topological polar surface area (TPSA) is 0 Å². The first-order valence-electron chi connectivity index (χ1n) is 6.32. The van der Waals surface area contributed by atoms with Gasteiger partial charge in [0.15, 0.2) is 0 Å². The first-order chi connectivity index (χ1) is 8.61. The molecule has 0 radical (unpaired) electrons. The molecule has 0 unspecified atom stereocenters. The Morgan fingerprint density at radius 3 is 2.67 bits per heavy atom. The maximum Gasteiger partial charge on any atom is 0.0235 e. The number of allylic oxidation sites excluding steroid dienone is 4. The Morgan fingerprint density at radius 2 is 2.00 bits per heavy atom. The van der Waals surface area contributed by atoms with Gasteiger partial charge in [-0.2, -0.15) is 0 Å². The molecular weight excluding hydrogens is 236 g/mol. The number of hydrogen-bond donors (Lipinski definition) is 0. The van der Waals surface area contributed by atoms with Gasteiger partial charge in [-0.3, -0.25) is 0 Å². The molecule has 1 heterocycles. The zero-order chi connectivity index (χ0) is 13.2. The van der Waals surface area contributed by atoms with Crippen LogP contribution >= 0.6 is 11.8 Å². The standard InChI is InChI=1S/C17H20S/c1-5-9-16-14(6-2)17(3,4)15-11-8-7-10-13(15)12-18-16/h5-11H,2,12H2,1,3-4H3/b9-5-. The van der Waals surface area contributed by atoms with Crippen LogP contribution in [0.25, 0.3) is 0 Å². The molecule has 2 rings (SSSR count). The van der Waals surface area contributed by atoms with E-state index in [9.17, 15) is 0 Å². The van der Waals surface area contributed by atoms with Crippen LogP contribution in [0.15, 0.2) is 59.6 Å². The van der Waals surface area contributed by atoms with Crippen LogP contribution in [-0.4, -0.2) is 0 Å². The largest absolute Gasteiger partial charge is 0.121 e. The maximum atomic E-state index is 4.02. The van der Waals surface area contributed by atoms with Crippen molar-refractivity contribution in [2.45, 2.75) is 31.9 Å². The second kappa shape index (κ2) is 5.19. The van der Waals surface area contributed by atoms with Gasteiger partial charge in [0, 0.05) is 16.1 Å². The van der Waals surface area contributed by atoms with E-state index in [1.54, 1.807) is 0 Å². The number of rotatable bonds is 2. The van der Waals surface area contributed by atoms with Crippen LogP contribution in [0.1, 0.15) is 31.9 Å². The molecule has 0 atom stereocenters. The van der Waals surface area contributed by atoms with Gasteiger partial charge in [0.1, 0.15) is 0 Å². The fourth-order valence-corrected chi connectivity index (χ4v) is 3.88. The van der Waals surface area contributed by atoms with Crippen molar-refractivity contribution in [3.63, 3.8) is 0 Å². The second-order valence-corrected chi connectivity index (χ2v) is 6.07. The molecule has 0 spiro atoms. The Labute approximate surface area is 114 Å². The van der Waals surface area contributed by atoms with Crippen LogP contribution in [0, 0.1) is 0 Å². The first-order valence-corrected chi connectivity index (χ1v) is 7.31. The van der Waals surface area contributed by atoms with E-state index in [0.717, 1.165) is 5.75 Å². The maximum absolute atomic E-state index is 4.02. The quantitative estimate of drug-likeness (QED) is 0.698. The monoisotopic (exact) mass is 256 g/mol. The van der Waals surface area contributed by atoms with Gasteiger partial charge in [0.05, 0.1) is 0 Å². The molecule has 1 heteroatoms. The lowest BCUT2D eigenvalue weighted by Crippen LogP contribution is -2.20. The number of thioether (sulfide) groups is 1. The van der Waals surface area contributed by atoms with Crippen LogP contribution < -0.4 is 0 Å². The van der Waals surface area contributed by atoms with Gasteiger partial charge in [0.2, 0.25) is 0 Å². The Morgan fingerprint density at radius 1 is 1.28 bits per heavy atom. The summed E-state index contributed by atoms with van der Waals surface area (Å²) >= 11 is 1.91. The highest BCUT2D eigenvalue weighted by Crippen LogP contribution is 2.44. The van der Waals surface area contributed by atoms with E-state index in [-0.39, 0.29) is 5.41 Å². The first kappa shape index (κ1) is 13.2. The van der Waals surface area contributed by atoms with E-state index >= 15 is 0 Å². The summed E-state index contributed by atoms with van der Waals surface area (Å²) in [5.74, 6) is 1.04. The fraction of sp³-hybridized carbons (Fsp3) is 0.294. The van der Waals surface area contributed by atoms with Gasteiger partial charge in [-0.15, -0.1) is 11.8 Å². The highest BCUT2D eigenvalue weighted by Gasteiger charge is 2.30. The summed E-state index contributed by atoms with van der Waals surface area (Å²) in [7, 11) is 0. The zero-order valence-corrected chi connectivity index (χ0v) is 12.2. The summed E-state index contributed by atoms with van der Waals surface area (Å²) in [6.45, 7) is 10.7. The summed E-state index contributed by atoms with van der Waals surface area (Å²) in [6.07, 6.45) is 6.33. The minimum atomic E-state index is 0.0245. The molecule has 0 N–H and O–H groups in total. The van der Waals surface area contributed by atoms with Crippen molar-refractivity contribution >= 4 is 11.8 Å². The van der Waals surface area contributed by atoms with Crippen molar-refractivity contribution in [1.29, 1.82) is 0 Å². The molecule has 1 aliphatic heterocycles. The molecule has 1 aromatic carbocycles. The number of fused-ring (bicyclic) bond motifs is 1. The van der Waals surface area contributed by atoms with Crippen LogP contribution in [0.5, 0.6) is 0 Å². The smallest absolute Gasteiger partial charge is 0.0235 e. The summed E-state index contributed by atoms with van der Waals surface area (Å²) in [5, 5.41) is 0. The van der Waals surface area contributed by atoms with Crippen molar-refractivity contribution in [1.82, 2.24) is 0 Å². The number of hydrogen-bond acceptors (Lipinski definition) is 1. The summed E-state index contributed by atoms with van der Waals surface area (Å²) < 4.78 is 0. The molecule has 0 saturated heterocycles. The van der Waals surface area contributed by atoms with Gasteiger partial charge in [-0.1, -0.05) is 62.9 Å². The minimum absolute atomic E-state index is 0.0245. The average molecular weight is 256 g/mol. The van der Waals surface area contributed by atoms with E-state index in [4.69, 9.17) is 0 Å². The van der Waals surface area contributed by atoms with Crippen molar-refractivity contribution in [3.05, 3.63) is 70.7 Å².